The summed E-state index contributed by atoms with van der Waals surface area (Å²) in [5.74, 6) is -4.69. The van der Waals surface area contributed by atoms with Crippen LogP contribution in [-0.2, 0) is 43.6 Å². The van der Waals surface area contributed by atoms with Crippen LogP contribution in [0.2, 0.25) is 0 Å². The Morgan fingerprint density at radius 2 is 1.60 bits per heavy atom. The Labute approximate surface area is 356 Å². The number of hydrogen-bond acceptors (Lipinski definition) is 11. The molecule has 10 N–H and O–H groups in total. The summed E-state index contributed by atoms with van der Waals surface area (Å²) in [6, 6.07) is 12.4. The number of carbonyl (C=O) groups is 6. The summed E-state index contributed by atoms with van der Waals surface area (Å²) in [5, 5.41) is 22.4. The summed E-state index contributed by atoms with van der Waals surface area (Å²) in [7, 11) is 0. The number of phenols is 1. The fourth-order valence-corrected chi connectivity index (χ4v) is 6.95. The molecule has 0 spiro atoms. The number of nitrogens with two attached hydrogens (primary N) is 2. The molecule has 0 unspecified atom stereocenters. The van der Waals surface area contributed by atoms with E-state index in [4.69, 9.17) is 16.2 Å². The van der Waals surface area contributed by atoms with Gasteiger partial charge in [0.1, 0.15) is 35.2 Å². The number of carbonyl (C=O) groups excluding carboxylic acids is 6. The SMILES string of the molecule is CCC(=O)NCCNC(=O)NC(N)=NCCC[C@@H](NC(=O)[C@H](c1ccc(OCCCN2C(=O)C[C@@H](N)C2=O)cc1)N1Cc2ccccc2C1)C(=O)NCc1c(F)cc(O)cc1F. The Morgan fingerprint density at radius 1 is 0.935 bits per heavy atom. The van der Waals surface area contributed by atoms with Gasteiger partial charge in [-0.05, 0) is 48.1 Å². The lowest BCUT2D eigenvalue weighted by Gasteiger charge is -2.29. The number of benzene rings is 3. The van der Waals surface area contributed by atoms with E-state index in [0.29, 0.717) is 37.2 Å². The fraction of sp³-hybridized carbons (Fsp3) is 0.405. The van der Waals surface area contributed by atoms with E-state index < -0.39 is 71.4 Å². The van der Waals surface area contributed by atoms with Gasteiger partial charge in [0.2, 0.25) is 29.5 Å². The number of phenolic OH excluding ortho intramolecular Hbond substituents is 1. The van der Waals surface area contributed by atoms with Gasteiger partial charge in [-0.15, -0.1) is 0 Å². The lowest BCUT2D eigenvalue weighted by atomic mass is 10.0. The highest BCUT2D eigenvalue weighted by molar-refractivity contribution is 6.05. The van der Waals surface area contributed by atoms with Crippen molar-refractivity contribution in [3.05, 3.63) is 94.6 Å². The highest BCUT2D eigenvalue weighted by atomic mass is 19.1. The zero-order chi connectivity index (χ0) is 44.8. The van der Waals surface area contributed by atoms with Crippen LogP contribution in [0.5, 0.6) is 11.5 Å². The molecule has 1 fully saturated rings. The maximum atomic E-state index is 14.6. The number of aromatic hydroxyl groups is 1. The van der Waals surface area contributed by atoms with Crippen LogP contribution in [-0.4, -0.2) is 101 Å². The van der Waals surface area contributed by atoms with Gasteiger partial charge in [0.25, 0.3) is 0 Å². The van der Waals surface area contributed by atoms with Gasteiger partial charge in [-0.1, -0.05) is 43.3 Å². The molecule has 0 bridgehead atoms. The first-order valence-electron chi connectivity index (χ1n) is 20.2. The van der Waals surface area contributed by atoms with E-state index in [2.05, 4.69) is 31.6 Å². The quantitative estimate of drug-likeness (QED) is 0.0348. The number of likely N-dealkylation sites (tertiary alicyclic amines) is 1. The van der Waals surface area contributed by atoms with E-state index in [-0.39, 0.29) is 69.8 Å². The molecule has 0 radical (unpaired) electrons. The third-order valence-corrected chi connectivity index (χ3v) is 10.2. The molecule has 2 aliphatic rings. The molecular weight excluding hydrogens is 811 g/mol. The molecule has 3 aromatic carbocycles. The van der Waals surface area contributed by atoms with Crippen LogP contribution in [0.1, 0.15) is 67.3 Å². The first-order valence-corrected chi connectivity index (χ1v) is 20.2. The molecule has 20 heteroatoms. The fourth-order valence-electron chi connectivity index (χ4n) is 6.95. The predicted molar refractivity (Wildman–Crippen MR) is 222 cm³/mol. The molecular formula is C42H52F2N10O8. The molecule has 3 aromatic rings. The minimum Gasteiger partial charge on any atom is -0.508 e. The second-order valence-corrected chi connectivity index (χ2v) is 14.7. The summed E-state index contributed by atoms with van der Waals surface area (Å²) >= 11 is 0. The van der Waals surface area contributed by atoms with E-state index in [0.717, 1.165) is 28.2 Å². The number of aliphatic imine (C=N–C) groups is 1. The second-order valence-electron chi connectivity index (χ2n) is 14.7. The maximum absolute atomic E-state index is 14.6. The largest absolute Gasteiger partial charge is 0.508 e. The van der Waals surface area contributed by atoms with E-state index in [1.807, 2.05) is 29.2 Å². The predicted octanol–water partition coefficient (Wildman–Crippen LogP) is 1.30. The topological polar surface area (TPSA) is 263 Å². The normalized spacial score (nSPS) is 16.0. The highest BCUT2D eigenvalue weighted by Gasteiger charge is 2.36. The molecule has 2 heterocycles. The van der Waals surface area contributed by atoms with Gasteiger partial charge in [-0.2, -0.15) is 0 Å². The maximum Gasteiger partial charge on any atom is 0.321 e. The molecule has 0 aromatic heterocycles. The number of imide groups is 1. The molecule has 7 amide bonds. The number of guanidine groups is 1. The average molecular weight is 863 g/mol. The van der Waals surface area contributed by atoms with Crippen molar-refractivity contribution in [1.29, 1.82) is 0 Å². The van der Waals surface area contributed by atoms with E-state index >= 15 is 0 Å². The summed E-state index contributed by atoms with van der Waals surface area (Å²) in [4.78, 5) is 83.1. The van der Waals surface area contributed by atoms with Crippen LogP contribution in [0.25, 0.3) is 0 Å². The lowest BCUT2D eigenvalue weighted by molar-refractivity contribution is -0.138. The summed E-state index contributed by atoms with van der Waals surface area (Å²) < 4.78 is 35.0. The van der Waals surface area contributed by atoms with Crippen LogP contribution < -0.4 is 42.8 Å². The van der Waals surface area contributed by atoms with E-state index in [1.165, 1.54) is 0 Å². The number of ether oxygens (including phenoxy) is 1. The van der Waals surface area contributed by atoms with Crippen molar-refractivity contribution in [2.45, 2.75) is 76.8 Å². The molecule has 332 valence electrons. The van der Waals surface area contributed by atoms with Crippen molar-refractivity contribution < 1.29 is 47.4 Å². The Bertz CT molecular complexity index is 2090. The average Bonchev–Trinajstić information content (AvgIpc) is 3.77. The monoisotopic (exact) mass is 862 g/mol. The molecule has 0 aliphatic carbocycles. The van der Waals surface area contributed by atoms with E-state index in [9.17, 15) is 42.7 Å². The molecule has 5 rings (SSSR count). The second kappa shape index (κ2) is 22.3. The number of amides is 7. The van der Waals surface area contributed by atoms with Gasteiger partial charge >= 0.3 is 6.03 Å². The minimum absolute atomic E-state index is 0.00149. The molecule has 2 aliphatic heterocycles. The van der Waals surface area contributed by atoms with Gasteiger partial charge < -0.3 is 42.6 Å². The van der Waals surface area contributed by atoms with Gasteiger partial charge in [-0.25, -0.2) is 13.6 Å². The summed E-state index contributed by atoms with van der Waals surface area (Å²) in [5.41, 5.74) is 13.7. The number of nitrogens with zero attached hydrogens (tertiary/aromatic N) is 3. The Morgan fingerprint density at radius 3 is 2.23 bits per heavy atom. The van der Waals surface area contributed by atoms with Crippen LogP contribution in [0, 0.1) is 11.6 Å². The Balaban J connectivity index is 1.27. The number of hydrogen-bond donors (Lipinski definition) is 8. The standard InChI is InChI=1S/C42H52F2N10O8/c1-2-35(56)47-15-16-49-42(61)52-41(46)48-14-5-9-34(38(58)50-22-30-31(43)19-28(55)20-32(30)44)51-39(59)37(53-23-26-7-3-4-8-27(26)24-53)25-10-12-29(13-11-25)62-18-6-17-54-36(57)21-33(45)40(54)60/h3-4,7-8,10-13,19-20,33-34,37,55H,2,5-6,9,14-18,21-24,45H2,1H3,(H,47,56)(H,50,58)(H,51,59)(H4,46,48,49,52,61)/t33-,34-,37+/m1/s1. The number of rotatable bonds is 20. The van der Waals surface area contributed by atoms with Gasteiger partial charge in [-0.3, -0.25) is 44.1 Å². The summed E-state index contributed by atoms with van der Waals surface area (Å²) in [6.45, 7) is 2.71. The van der Waals surface area contributed by atoms with Crippen LogP contribution >= 0.6 is 0 Å². The van der Waals surface area contributed by atoms with E-state index in [1.54, 1.807) is 31.2 Å². The Kier molecular flexibility index (Phi) is 16.7. The molecule has 1 saturated heterocycles. The van der Waals surface area contributed by atoms with Crippen molar-refractivity contribution in [2.24, 2.45) is 16.5 Å². The van der Waals surface area contributed by atoms with Crippen LogP contribution in [0.3, 0.4) is 0 Å². The minimum atomic E-state index is -1.23. The van der Waals surface area contributed by atoms with Crippen LogP contribution in [0.15, 0.2) is 65.7 Å². The highest BCUT2D eigenvalue weighted by Crippen LogP contribution is 2.33. The van der Waals surface area contributed by atoms with Crippen molar-refractivity contribution in [3.63, 3.8) is 0 Å². The first-order chi connectivity index (χ1) is 29.7. The number of urea groups is 1. The number of nitrogens with one attached hydrogen (secondary N) is 5. The van der Waals surface area contributed by atoms with Crippen molar-refractivity contribution >= 4 is 41.5 Å². The lowest BCUT2D eigenvalue weighted by Crippen LogP contribution is -2.50. The molecule has 3 atom stereocenters. The van der Waals surface area contributed by atoms with Crippen molar-refractivity contribution in [1.82, 2.24) is 36.4 Å². The summed E-state index contributed by atoms with van der Waals surface area (Å²) in [6.07, 6.45) is 0.839. The molecule has 0 saturated carbocycles. The third-order valence-electron chi connectivity index (χ3n) is 10.2. The van der Waals surface area contributed by atoms with Gasteiger partial charge in [0.05, 0.1) is 19.1 Å². The van der Waals surface area contributed by atoms with Gasteiger partial charge in [0.15, 0.2) is 5.96 Å². The smallest absolute Gasteiger partial charge is 0.321 e. The van der Waals surface area contributed by atoms with Crippen LogP contribution in [0.4, 0.5) is 13.6 Å². The van der Waals surface area contributed by atoms with Crippen molar-refractivity contribution in [3.8, 4) is 11.5 Å². The molecule has 62 heavy (non-hydrogen) atoms. The zero-order valence-corrected chi connectivity index (χ0v) is 34.3. The third kappa shape index (κ3) is 12.9. The van der Waals surface area contributed by atoms with Crippen molar-refractivity contribution in [2.75, 3.05) is 32.8 Å². The number of halogens is 2. The van der Waals surface area contributed by atoms with Gasteiger partial charge in [0, 0.05) is 69.9 Å². The Hall–Kier alpha value is -6.67. The molecule has 18 nitrogen and oxygen atoms in total. The zero-order valence-electron chi connectivity index (χ0n) is 34.3. The number of fused-ring (bicyclic) bond motifs is 1. The first kappa shape index (κ1) is 46.4.